The number of nitrogens with two attached hydrogens (primary N) is 1. The average Bonchev–Trinajstić information content (AvgIpc) is 2.63. The van der Waals surface area contributed by atoms with Gasteiger partial charge in [0.1, 0.15) is 5.82 Å². The monoisotopic (exact) mass is 284 g/mol. The minimum atomic E-state index is -0.273. The van der Waals surface area contributed by atoms with Crippen molar-refractivity contribution in [3.63, 3.8) is 0 Å². The number of hydrogen-bond donors (Lipinski definition) is 2. The molecule has 2 atom stereocenters. The molecule has 1 aromatic rings. The summed E-state index contributed by atoms with van der Waals surface area (Å²) in [4.78, 5) is 8.63. The van der Waals surface area contributed by atoms with E-state index in [4.69, 9.17) is 17.3 Å². The van der Waals surface area contributed by atoms with Crippen LogP contribution in [0.3, 0.4) is 0 Å². The zero-order valence-corrected chi connectivity index (χ0v) is 12.1. The summed E-state index contributed by atoms with van der Waals surface area (Å²) in [6.07, 6.45) is 0.516. The first-order valence-electron chi connectivity index (χ1n) is 6.43. The van der Waals surface area contributed by atoms with E-state index in [-0.39, 0.29) is 6.10 Å². The zero-order chi connectivity index (χ0) is 14.0. The van der Waals surface area contributed by atoms with E-state index in [0.717, 1.165) is 18.7 Å². The van der Waals surface area contributed by atoms with Gasteiger partial charge >= 0.3 is 0 Å². The number of anilines is 1. The third-order valence-electron chi connectivity index (χ3n) is 3.37. The molecule has 6 heteroatoms. The second kappa shape index (κ2) is 6.05. The number of aliphatic hydroxyl groups is 1. The summed E-state index contributed by atoms with van der Waals surface area (Å²) in [6, 6.07) is 3.79. The fraction of sp³-hybridized carbons (Fsp3) is 0.615. The van der Waals surface area contributed by atoms with Gasteiger partial charge in [0.2, 0.25) is 0 Å². The van der Waals surface area contributed by atoms with Gasteiger partial charge in [-0.2, -0.15) is 0 Å². The highest BCUT2D eigenvalue weighted by Crippen LogP contribution is 2.24. The lowest BCUT2D eigenvalue weighted by molar-refractivity contribution is 0.168. The second-order valence-electron chi connectivity index (χ2n) is 5.40. The summed E-state index contributed by atoms with van der Waals surface area (Å²) in [7, 11) is 4.07. The molecule has 2 heterocycles. The maximum Gasteiger partial charge on any atom is 0.123 e. The van der Waals surface area contributed by atoms with Gasteiger partial charge in [-0.3, -0.25) is 4.90 Å². The SMILES string of the molecule is CN(C)CC1CC(O)CN1Cc1nc(N)ccc1Cl. The van der Waals surface area contributed by atoms with Crippen molar-refractivity contribution in [2.75, 3.05) is 32.9 Å². The normalized spacial score (nSPS) is 24.3. The van der Waals surface area contributed by atoms with E-state index in [1.807, 2.05) is 14.1 Å². The number of β-amino-alcohol motifs (C(OH)–C–C–N with tert-alkyl or cyclic N) is 1. The van der Waals surface area contributed by atoms with Gasteiger partial charge in [-0.1, -0.05) is 11.6 Å². The van der Waals surface area contributed by atoms with Gasteiger partial charge in [-0.15, -0.1) is 0 Å². The Morgan fingerprint density at radius 1 is 1.53 bits per heavy atom. The zero-order valence-electron chi connectivity index (χ0n) is 11.4. The Morgan fingerprint density at radius 2 is 2.26 bits per heavy atom. The maximum absolute atomic E-state index is 9.85. The predicted octanol–water partition coefficient (Wildman–Crippen LogP) is 0.814. The molecule has 3 N–H and O–H groups in total. The van der Waals surface area contributed by atoms with Gasteiger partial charge in [0.05, 0.1) is 16.8 Å². The number of rotatable bonds is 4. The smallest absolute Gasteiger partial charge is 0.123 e. The number of nitrogens with zero attached hydrogens (tertiary/aromatic N) is 3. The molecule has 1 aliphatic heterocycles. The summed E-state index contributed by atoms with van der Waals surface area (Å²) in [5.41, 5.74) is 6.48. The molecule has 0 bridgehead atoms. The standard InChI is InChI=1S/C13H21ClN4O/c1-17(2)6-9-5-10(19)7-18(9)8-12-11(14)3-4-13(15)16-12/h3-4,9-10,19H,5-8H2,1-2H3,(H2,15,16). The van der Waals surface area contributed by atoms with Crippen molar-refractivity contribution in [3.8, 4) is 0 Å². The topological polar surface area (TPSA) is 65.6 Å². The van der Waals surface area contributed by atoms with E-state index < -0.39 is 0 Å². The number of aliphatic hydroxyl groups excluding tert-OH is 1. The third kappa shape index (κ3) is 3.79. The number of likely N-dealkylation sites (tertiary alicyclic amines) is 1. The number of halogens is 1. The van der Waals surface area contributed by atoms with E-state index in [9.17, 15) is 5.11 Å². The van der Waals surface area contributed by atoms with Crippen molar-refractivity contribution in [1.82, 2.24) is 14.8 Å². The molecule has 1 saturated heterocycles. The predicted molar refractivity (Wildman–Crippen MR) is 77.0 cm³/mol. The number of likely N-dealkylation sites (N-methyl/N-ethyl adjacent to an activating group) is 1. The van der Waals surface area contributed by atoms with Crippen LogP contribution in [0.4, 0.5) is 5.82 Å². The van der Waals surface area contributed by atoms with Crippen molar-refractivity contribution < 1.29 is 5.11 Å². The quantitative estimate of drug-likeness (QED) is 0.857. The van der Waals surface area contributed by atoms with Crippen LogP contribution in [0.5, 0.6) is 0 Å². The van der Waals surface area contributed by atoms with E-state index in [1.165, 1.54) is 0 Å². The van der Waals surface area contributed by atoms with E-state index >= 15 is 0 Å². The van der Waals surface area contributed by atoms with Crippen LogP contribution in [0.2, 0.25) is 5.02 Å². The number of pyridine rings is 1. The van der Waals surface area contributed by atoms with Crippen molar-refractivity contribution in [1.29, 1.82) is 0 Å². The van der Waals surface area contributed by atoms with Crippen LogP contribution in [-0.2, 0) is 6.54 Å². The van der Waals surface area contributed by atoms with Crippen molar-refractivity contribution in [2.45, 2.75) is 25.1 Å². The van der Waals surface area contributed by atoms with Crippen molar-refractivity contribution in [2.24, 2.45) is 0 Å². The Hall–Kier alpha value is -0.880. The Morgan fingerprint density at radius 3 is 2.95 bits per heavy atom. The first-order chi connectivity index (χ1) is 8.95. The van der Waals surface area contributed by atoms with Gasteiger partial charge in [-0.05, 0) is 32.6 Å². The molecular weight excluding hydrogens is 264 g/mol. The lowest BCUT2D eigenvalue weighted by Crippen LogP contribution is -2.37. The molecule has 1 aromatic heterocycles. The number of nitrogen functional groups attached to an aromatic ring is 1. The molecule has 19 heavy (non-hydrogen) atoms. The van der Waals surface area contributed by atoms with Gasteiger partial charge < -0.3 is 15.7 Å². The molecule has 0 aliphatic carbocycles. The van der Waals surface area contributed by atoms with E-state index in [0.29, 0.717) is 30.0 Å². The van der Waals surface area contributed by atoms with Crippen LogP contribution in [0.15, 0.2) is 12.1 Å². The second-order valence-corrected chi connectivity index (χ2v) is 5.81. The van der Waals surface area contributed by atoms with Gasteiger partial charge in [0.15, 0.2) is 0 Å². The highest BCUT2D eigenvalue weighted by molar-refractivity contribution is 6.31. The van der Waals surface area contributed by atoms with Crippen LogP contribution < -0.4 is 5.73 Å². The van der Waals surface area contributed by atoms with Crippen LogP contribution in [0, 0.1) is 0 Å². The highest BCUT2D eigenvalue weighted by Gasteiger charge is 2.31. The molecule has 0 saturated carbocycles. The van der Waals surface area contributed by atoms with Gasteiger partial charge in [-0.25, -0.2) is 4.98 Å². The minimum Gasteiger partial charge on any atom is -0.392 e. The van der Waals surface area contributed by atoms with E-state index in [1.54, 1.807) is 12.1 Å². The summed E-state index contributed by atoms with van der Waals surface area (Å²) in [5, 5.41) is 10.5. The summed E-state index contributed by atoms with van der Waals surface area (Å²) in [6.45, 7) is 2.20. The molecule has 106 valence electrons. The first kappa shape index (κ1) is 14.5. The Labute approximate surface area is 119 Å². The maximum atomic E-state index is 9.85. The van der Waals surface area contributed by atoms with Gasteiger partial charge in [0.25, 0.3) is 0 Å². The fourth-order valence-electron chi connectivity index (χ4n) is 2.57. The van der Waals surface area contributed by atoms with Crippen molar-refractivity contribution in [3.05, 3.63) is 22.8 Å². The molecule has 0 radical (unpaired) electrons. The van der Waals surface area contributed by atoms with Crippen LogP contribution >= 0.6 is 11.6 Å². The highest BCUT2D eigenvalue weighted by atomic mass is 35.5. The minimum absolute atomic E-state index is 0.273. The lowest BCUT2D eigenvalue weighted by Gasteiger charge is -2.26. The van der Waals surface area contributed by atoms with Crippen LogP contribution in [0.25, 0.3) is 0 Å². The number of aromatic nitrogens is 1. The molecule has 5 nitrogen and oxygen atoms in total. The molecular formula is C13H21ClN4O. The van der Waals surface area contributed by atoms with E-state index in [2.05, 4.69) is 14.8 Å². The Balaban J connectivity index is 2.09. The fourth-order valence-corrected chi connectivity index (χ4v) is 2.73. The summed E-state index contributed by atoms with van der Waals surface area (Å²) >= 11 is 6.15. The molecule has 0 amide bonds. The summed E-state index contributed by atoms with van der Waals surface area (Å²) < 4.78 is 0. The summed E-state index contributed by atoms with van der Waals surface area (Å²) in [5.74, 6) is 0.475. The largest absolute Gasteiger partial charge is 0.392 e. The third-order valence-corrected chi connectivity index (χ3v) is 3.72. The molecule has 0 spiro atoms. The molecule has 0 aromatic carbocycles. The first-order valence-corrected chi connectivity index (χ1v) is 6.81. The average molecular weight is 285 g/mol. The molecule has 1 fully saturated rings. The number of hydrogen-bond acceptors (Lipinski definition) is 5. The Bertz CT molecular complexity index is 441. The van der Waals surface area contributed by atoms with Gasteiger partial charge in [0, 0.05) is 25.7 Å². The van der Waals surface area contributed by atoms with Crippen LogP contribution in [0.1, 0.15) is 12.1 Å². The molecule has 1 aliphatic rings. The van der Waals surface area contributed by atoms with Crippen LogP contribution in [-0.4, -0.2) is 59.2 Å². The Kier molecular flexibility index (Phi) is 4.62. The lowest BCUT2D eigenvalue weighted by atomic mass is 10.2. The molecule has 2 unspecified atom stereocenters. The van der Waals surface area contributed by atoms with Crippen molar-refractivity contribution >= 4 is 17.4 Å². The molecule has 2 rings (SSSR count).